The highest BCUT2D eigenvalue weighted by Gasteiger charge is 2.23. The minimum atomic E-state index is -0.633. The predicted octanol–water partition coefficient (Wildman–Crippen LogP) is 5.24. The number of halogens is 1. The summed E-state index contributed by atoms with van der Waals surface area (Å²) in [6.07, 6.45) is 1.75. The Morgan fingerprint density at radius 2 is 1.90 bits per heavy atom. The molecule has 3 aromatic carbocycles. The topological polar surface area (TPSA) is 138 Å². The van der Waals surface area contributed by atoms with Crippen LogP contribution in [0.4, 0.5) is 11.4 Å². The summed E-state index contributed by atoms with van der Waals surface area (Å²) in [7, 11) is 0. The van der Waals surface area contributed by atoms with Gasteiger partial charge in [-0.25, -0.2) is 4.98 Å². The van der Waals surface area contributed by atoms with Crippen molar-refractivity contribution in [1.82, 2.24) is 9.66 Å². The fourth-order valence-corrected chi connectivity index (χ4v) is 4.23. The molecule has 0 aliphatic carbocycles. The second-order valence-corrected chi connectivity index (χ2v) is 9.58. The van der Waals surface area contributed by atoms with E-state index in [4.69, 9.17) is 9.47 Å². The number of nitrogens with one attached hydrogen (secondary N) is 1. The summed E-state index contributed by atoms with van der Waals surface area (Å²) >= 11 is 3.36. The van der Waals surface area contributed by atoms with Crippen LogP contribution in [0.15, 0.2) is 69.0 Å². The second-order valence-electron chi connectivity index (χ2n) is 8.66. The highest BCUT2D eigenvalue weighted by atomic mass is 79.9. The lowest BCUT2D eigenvalue weighted by Gasteiger charge is -2.13. The number of nitro benzene ring substituents is 1. The first-order valence-corrected chi connectivity index (χ1v) is 13.2. The van der Waals surface area contributed by atoms with Crippen LogP contribution in [-0.2, 0) is 11.2 Å². The van der Waals surface area contributed by atoms with Crippen LogP contribution >= 0.6 is 15.9 Å². The van der Waals surface area contributed by atoms with Crippen LogP contribution in [0.5, 0.6) is 11.5 Å². The monoisotopic (exact) mass is 607 g/mol. The molecule has 0 spiro atoms. The van der Waals surface area contributed by atoms with Crippen molar-refractivity contribution in [1.29, 1.82) is 0 Å². The first kappa shape index (κ1) is 28.4. The molecular formula is C28H26BrN5O6. The van der Waals surface area contributed by atoms with Crippen molar-refractivity contribution in [2.75, 3.05) is 18.5 Å². The fourth-order valence-electron chi connectivity index (χ4n) is 3.86. The summed E-state index contributed by atoms with van der Waals surface area (Å²) in [5.41, 5.74) is 1.64. The average molecular weight is 608 g/mol. The van der Waals surface area contributed by atoms with Crippen LogP contribution in [0.25, 0.3) is 10.9 Å². The molecule has 1 N–H and O–H groups in total. The van der Waals surface area contributed by atoms with Crippen LogP contribution in [0.1, 0.15) is 30.8 Å². The smallest absolute Gasteiger partial charge is 0.315 e. The van der Waals surface area contributed by atoms with E-state index in [1.54, 1.807) is 37.3 Å². The number of nitro groups is 1. The quantitative estimate of drug-likeness (QED) is 0.148. The Labute approximate surface area is 237 Å². The van der Waals surface area contributed by atoms with Gasteiger partial charge in [0.05, 0.1) is 28.6 Å². The third-order valence-corrected chi connectivity index (χ3v) is 6.24. The van der Waals surface area contributed by atoms with Gasteiger partial charge in [0.2, 0.25) is 5.75 Å². The molecule has 4 aromatic rings. The van der Waals surface area contributed by atoms with E-state index in [1.165, 1.54) is 23.0 Å². The molecule has 0 saturated carbocycles. The molecule has 0 unspecified atom stereocenters. The number of carbonyl (C=O) groups excluding carboxylic acids is 1. The standard InChI is InChI=1S/C28H26BrN5O6/c1-4-25-32-22-11-8-19(29)14-21(22)28(36)33(25)30-15-18-12-23(34(37)38)27(24(13-18)39-5-2)40-16-26(35)31-20-9-6-17(3)7-10-20/h6-15H,4-5,16H2,1-3H3,(H,31,35). The van der Waals surface area contributed by atoms with E-state index in [0.29, 0.717) is 28.8 Å². The Bertz CT molecular complexity index is 1670. The molecule has 206 valence electrons. The highest BCUT2D eigenvalue weighted by molar-refractivity contribution is 9.10. The Balaban J connectivity index is 1.66. The van der Waals surface area contributed by atoms with Crippen molar-refractivity contribution >= 4 is 50.3 Å². The summed E-state index contributed by atoms with van der Waals surface area (Å²) < 4.78 is 13.1. The van der Waals surface area contributed by atoms with E-state index < -0.39 is 23.1 Å². The molecule has 0 saturated heterocycles. The Kier molecular flexibility index (Phi) is 8.90. The van der Waals surface area contributed by atoms with Gasteiger partial charge in [0.1, 0.15) is 5.82 Å². The minimum absolute atomic E-state index is 0.0601. The number of hydrogen-bond donors (Lipinski definition) is 1. The van der Waals surface area contributed by atoms with Crippen molar-refractivity contribution in [2.45, 2.75) is 27.2 Å². The van der Waals surface area contributed by atoms with E-state index in [-0.39, 0.29) is 29.2 Å². The maximum absolute atomic E-state index is 13.2. The summed E-state index contributed by atoms with van der Waals surface area (Å²) in [5.74, 6) is -0.195. The molecule has 4 rings (SSSR count). The van der Waals surface area contributed by atoms with Gasteiger partial charge >= 0.3 is 5.69 Å². The molecule has 12 heteroatoms. The number of nitrogens with zero attached hydrogens (tertiary/aromatic N) is 4. The first-order chi connectivity index (χ1) is 19.2. The lowest BCUT2D eigenvalue weighted by atomic mass is 10.2. The third kappa shape index (κ3) is 6.52. The molecule has 11 nitrogen and oxygen atoms in total. The van der Waals surface area contributed by atoms with Gasteiger partial charge in [-0.2, -0.15) is 9.78 Å². The number of fused-ring (bicyclic) bond motifs is 1. The summed E-state index contributed by atoms with van der Waals surface area (Å²) in [6.45, 7) is 5.20. The SMILES string of the molecule is CCOc1cc(C=Nn2c(CC)nc3ccc(Br)cc3c2=O)cc([N+](=O)[O-])c1OCC(=O)Nc1ccc(C)cc1. The number of aromatic nitrogens is 2. The van der Waals surface area contributed by atoms with Gasteiger partial charge in [-0.1, -0.05) is 40.5 Å². The summed E-state index contributed by atoms with van der Waals surface area (Å²) in [4.78, 5) is 41.5. The van der Waals surface area contributed by atoms with Gasteiger partial charge in [-0.3, -0.25) is 19.7 Å². The summed E-state index contributed by atoms with van der Waals surface area (Å²) in [6, 6.07) is 15.1. The second kappa shape index (κ2) is 12.5. The minimum Gasteiger partial charge on any atom is -0.490 e. The van der Waals surface area contributed by atoms with Gasteiger partial charge in [0.15, 0.2) is 12.4 Å². The maximum atomic E-state index is 13.2. The fraction of sp³-hybridized carbons (Fsp3) is 0.214. The first-order valence-electron chi connectivity index (χ1n) is 12.4. The van der Waals surface area contributed by atoms with E-state index >= 15 is 0 Å². The number of ether oxygens (including phenoxy) is 2. The van der Waals surface area contributed by atoms with Crippen LogP contribution in [0.3, 0.4) is 0 Å². The maximum Gasteiger partial charge on any atom is 0.315 e. The lowest BCUT2D eigenvalue weighted by Crippen LogP contribution is -2.22. The highest BCUT2D eigenvalue weighted by Crippen LogP contribution is 2.38. The zero-order valence-electron chi connectivity index (χ0n) is 22.0. The Morgan fingerprint density at radius 1 is 1.15 bits per heavy atom. The van der Waals surface area contributed by atoms with Crippen LogP contribution < -0.4 is 20.3 Å². The van der Waals surface area contributed by atoms with Gasteiger partial charge in [-0.05, 0) is 50.2 Å². The molecule has 0 fully saturated rings. The molecule has 0 radical (unpaired) electrons. The number of hydrogen-bond acceptors (Lipinski definition) is 8. The predicted molar refractivity (Wildman–Crippen MR) is 156 cm³/mol. The zero-order valence-corrected chi connectivity index (χ0v) is 23.6. The van der Waals surface area contributed by atoms with Crippen molar-refractivity contribution in [3.63, 3.8) is 0 Å². The molecule has 0 bridgehead atoms. The molecule has 1 amide bonds. The van der Waals surface area contributed by atoms with Gasteiger partial charge < -0.3 is 14.8 Å². The largest absolute Gasteiger partial charge is 0.490 e. The Morgan fingerprint density at radius 3 is 2.58 bits per heavy atom. The third-order valence-electron chi connectivity index (χ3n) is 5.75. The number of anilines is 1. The number of benzene rings is 3. The number of aryl methyl sites for hydroxylation is 2. The molecule has 1 aromatic heterocycles. The normalized spacial score (nSPS) is 11.1. The molecule has 0 aliphatic rings. The zero-order chi connectivity index (χ0) is 28.8. The number of carbonyl (C=O) groups is 1. The van der Waals surface area contributed by atoms with Gasteiger partial charge in [0, 0.05) is 28.2 Å². The van der Waals surface area contributed by atoms with Crippen LogP contribution in [0, 0.1) is 17.0 Å². The van der Waals surface area contributed by atoms with E-state index in [0.717, 1.165) is 10.0 Å². The Hall–Kier alpha value is -4.58. The molecule has 40 heavy (non-hydrogen) atoms. The van der Waals surface area contributed by atoms with Crippen molar-refractivity contribution in [2.24, 2.45) is 5.10 Å². The van der Waals surface area contributed by atoms with Crippen molar-refractivity contribution in [3.05, 3.63) is 96.5 Å². The lowest BCUT2D eigenvalue weighted by molar-refractivity contribution is -0.385. The number of rotatable bonds is 10. The van der Waals surface area contributed by atoms with Gasteiger partial charge in [0.25, 0.3) is 11.5 Å². The van der Waals surface area contributed by atoms with E-state index in [2.05, 4.69) is 31.3 Å². The number of amides is 1. The summed E-state index contributed by atoms with van der Waals surface area (Å²) in [5, 5.41) is 19.3. The van der Waals surface area contributed by atoms with Gasteiger partial charge in [-0.15, -0.1) is 0 Å². The molecule has 1 heterocycles. The molecule has 0 aliphatic heterocycles. The van der Waals surface area contributed by atoms with Crippen LogP contribution in [-0.4, -0.2) is 39.9 Å². The molecule has 0 atom stereocenters. The van der Waals surface area contributed by atoms with E-state index in [9.17, 15) is 19.7 Å². The average Bonchev–Trinajstić information content (AvgIpc) is 2.93. The van der Waals surface area contributed by atoms with E-state index in [1.807, 2.05) is 26.0 Å². The van der Waals surface area contributed by atoms with Crippen molar-refractivity contribution in [3.8, 4) is 11.5 Å². The van der Waals surface area contributed by atoms with Crippen molar-refractivity contribution < 1.29 is 19.2 Å². The molecular weight excluding hydrogens is 582 g/mol. The van der Waals surface area contributed by atoms with Crippen LogP contribution in [0.2, 0.25) is 0 Å².